The highest BCUT2D eigenvalue weighted by Gasteiger charge is 2.29. The average Bonchev–Trinajstić information content (AvgIpc) is 3.12. The zero-order chi connectivity index (χ0) is 14.9. The minimum atomic E-state index is -3.34. The Balaban J connectivity index is 1.62. The molecule has 0 radical (unpaired) electrons. The molecular formula is C11H13ClN4O2S3. The summed E-state index contributed by atoms with van der Waals surface area (Å²) in [5.74, 6) is 0. The lowest BCUT2D eigenvalue weighted by atomic mass is 10.3. The molecule has 21 heavy (non-hydrogen) atoms. The fourth-order valence-corrected chi connectivity index (χ4v) is 5.35. The fraction of sp³-hybridized carbons (Fsp3) is 0.455. The summed E-state index contributed by atoms with van der Waals surface area (Å²) in [5.41, 5.74) is 0.760. The monoisotopic (exact) mass is 364 g/mol. The normalized spacial score (nSPS) is 18.1. The molecule has 2 aromatic heterocycles. The highest BCUT2D eigenvalue weighted by atomic mass is 35.5. The Kier molecular flexibility index (Phi) is 4.57. The van der Waals surface area contributed by atoms with Gasteiger partial charge < -0.3 is 0 Å². The Morgan fingerprint density at radius 3 is 2.62 bits per heavy atom. The number of hydrogen-bond acceptors (Lipinski definition) is 7. The van der Waals surface area contributed by atoms with Gasteiger partial charge in [0, 0.05) is 44.3 Å². The third-order valence-electron chi connectivity index (χ3n) is 3.30. The van der Waals surface area contributed by atoms with Gasteiger partial charge in [-0.2, -0.15) is 4.31 Å². The predicted molar refractivity (Wildman–Crippen MR) is 83.3 cm³/mol. The van der Waals surface area contributed by atoms with Gasteiger partial charge in [0.2, 0.25) is 0 Å². The first-order valence-corrected chi connectivity index (χ1v) is 9.77. The highest BCUT2D eigenvalue weighted by Crippen LogP contribution is 2.23. The Bertz CT molecular complexity index is 693. The molecule has 0 spiro atoms. The van der Waals surface area contributed by atoms with E-state index in [1.165, 1.54) is 27.2 Å². The molecule has 1 aliphatic heterocycles. The van der Waals surface area contributed by atoms with Gasteiger partial charge in [0.15, 0.2) is 0 Å². The highest BCUT2D eigenvalue weighted by molar-refractivity contribution is 7.91. The molecule has 1 saturated heterocycles. The minimum Gasteiger partial charge on any atom is -0.295 e. The molecule has 0 N–H and O–H groups in total. The molecule has 0 aromatic carbocycles. The van der Waals surface area contributed by atoms with Crippen molar-refractivity contribution in [1.29, 1.82) is 0 Å². The molecule has 0 amide bonds. The Morgan fingerprint density at radius 1 is 1.29 bits per heavy atom. The second-order valence-corrected chi connectivity index (χ2v) is 9.07. The van der Waals surface area contributed by atoms with Crippen molar-refractivity contribution in [1.82, 2.24) is 18.8 Å². The first-order valence-electron chi connectivity index (χ1n) is 6.30. The lowest BCUT2D eigenvalue weighted by molar-refractivity contribution is 0.180. The molecular weight excluding hydrogens is 352 g/mol. The third kappa shape index (κ3) is 3.27. The van der Waals surface area contributed by atoms with Crippen LogP contribution in [0.5, 0.6) is 0 Å². The van der Waals surface area contributed by atoms with Crippen molar-refractivity contribution in [3.8, 4) is 0 Å². The molecule has 0 atom stereocenters. The van der Waals surface area contributed by atoms with Gasteiger partial charge in [-0.3, -0.25) is 4.90 Å². The molecule has 3 rings (SSSR count). The van der Waals surface area contributed by atoms with Crippen molar-refractivity contribution in [2.45, 2.75) is 10.8 Å². The summed E-state index contributed by atoms with van der Waals surface area (Å²) in [5, 5.41) is 5.76. The largest absolute Gasteiger partial charge is 0.295 e. The number of halogens is 1. The summed E-state index contributed by atoms with van der Waals surface area (Å²) in [6.45, 7) is 2.91. The van der Waals surface area contributed by atoms with Gasteiger partial charge in [-0.1, -0.05) is 22.2 Å². The van der Waals surface area contributed by atoms with Crippen LogP contribution in [-0.2, 0) is 16.6 Å². The van der Waals surface area contributed by atoms with E-state index < -0.39 is 10.0 Å². The number of thiophene rings is 1. The summed E-state index contributed by atoms with van der Waals surface area (Å²) < 4.78 is 31.2. The smallest absolute Gasteiger partial charge is 0.252 e. The molecule has 6 nitrogen and oxygen atoms in total. The van der Waals surface area contributed by atoms with Crippen LogP contribution >= 0.6 is 34.5 Å². The van der Waals surface area contributed by atoms with Crippen molar-refractivity contribution >= 4 is 44.5 Å². The third-order valence-corrected chi connectivity index (χ3v) is 7.56. The quantitative estimate of drug-likeness (QED) is 0.827. The summed E-state index contributed by atoms with van der Waals surface area (Å²) in [4.78, 5) is 2.14. The van der Waals surface area contributed by atoms with Crippen LogP contribution in [-0.4, -0.2) is 53.4 Å². The molecule has 114 valence electrons. The van der Waals surface area contributed by atoms with E-state index >= 15 is 0 Å². The second-order valence-electron chi connectivity index (χ2n) is 4.61. The average molecular weight is 365 g/mol. The van der Waals surface area contributed by atoms with Crippen LogP contribution in [0.4, 0.5) is 0 Å². The Hall–Kier alpha value is -0.580. The van der Waals surface area contributed by atoms with Crippen molar-refractivity contribution in [2.75, 3.05) is 26.2 Å². The molecule has 1 aliphatic rings. The second kappa shape index (κ2) is 6.27. The van der Waals surface area contributed by atoms with Crippen LogP contribution in [0.2, 0.25) is 4.34 Å². The van der Waals surface area contributed by atoms with Gasteiger partial charge >= 0.3 is 0 Å². The van der Waals surface area contributed by atoms with Crippen LogP contribution in [0.25, 0.3) is 0 Å². The summed E-state index contributed by atoms with van der Waals surface area (Å²) in [6, 6.07) is 3.40. The van der Waals surface area contributed by atoms with E-state index in [0.29, 0.717) is 41.3 Å². The van der Waals surface area contributed by atoms with Crippen LogP contribution < -0.4 is 0 Å². The maximum Gasteiger partial charge on any atom is 0.252 e. The maximum absolute atomic E-state index is 12.4. The number of nitrogens with zero attached hydrogens (tertiary/aromatic N) is 4. The molecule has 0 saturated carbocycles. The van der Waals surface area contributed by atoms with E-state index in [9.17, 15) is 8.42 Å². The van der Waals surface area contributed by atoms with Crippen molar-refractivity contribution in [3.63, 3.8) is 0 Å². The maximum atomic E-state index is 12.4. The first kappa shape index (κ1) is 15.3. The summed E-state index contributed by atoms with van der Waals surface area (Å²) in [7, 11) is -3.34. The predicted octanol–water partition coefficient (Wildman–Crippen LogP) is 1.76. The van der Waals surface area contributed by atoms with Gasteiger partial charge in [0.1, 0.15) is 14.2 Å². The molecule has 10 heteroatoms. The first-order chi connectivity index (χ1) is 10.1. The number of rotatable bonds is 4. The SMILES string of the molecule is O=S(=O)(c1cccs1)N1CCN(Cc2nnsc2Cl)CC1. The molecule has 2 aromatic rings. The minimum absolute atomic E-state index is 0.405. The van der Waals surface area contributed by atoms with E-state index in [4.69, 9.17) is 11.6 Å². The molecule has 1 fully saturated rings. The van der Waals surface area contributed by atoms with E-state index in [1.54, 1.807) is 17.5 Å². The lowest BCUT2D eigenvalue weighted by Gasteiger charge is -2.33. The van der Waals surface area contributed by atoms with Crippen LogP contribution in [0.15, 0.2) is 21.7 Å². The van der Waals surface area contributed by atoms with E-state index in [-0.39, 0.29) is 0 Å². The topological polar surface area (TPSA) is 66.4 Å². The van der Waals surface area contributed by atoms with Crippen molar-refractivity contribution < 1.29 is 8.42 Å². The molecule has 0 unspecified atom stereocenters. The van der Waals surface area contributed by atoms with Gasteiger partial charge in [-0.25, -0.2) is 8.42 Å². The zero-order valence-corrected chi connectivity index (χ0v) is 14.2. The lowest BCUT2D eigenvalue weighted by Crippen LogP contribution is -2.48. The van der Waals surface area contributed by atoms with E-state index in [1.807, 2.05) is 0 Å². The number of aromatic nitrogens is 2. The fourth-order valence-electron chi connectivity index (χ4n) is 2.17. The zero-order valence-electron chi connectivity index (χ0n) is 11.0. The van der Waals surface area contributed by atoms with Crippen LogP contribution in [0, 0.1) is 0 Å². The number of hydrogen-bond donors (Lipinski definition) is 0. The van der Waals surface area contributed by atoms with Gasteiger partial charge in [-0.15, -0.1) is 16.4 Å². The van der Waals surface area contributed by atoms with E-state index in [0.717, 1.165) is 5.69 Å². The standard InChI is InChI=1S/C11H13ClN4O2S3/c12-11-9(13-14-20-11)8-15-3-5-16(6-4-15)21(17,18)10-2-1-7-19-10/h1-2,7H,3-6,8H2. The molecule has 3 heterocycles. The van der Waals surface area contributed by atoms with Crippen LogP contribution in [0.1, 0.15) is 5.69 Å². The van der Waals surface area contributed by atoms with Crippen molar-refractivity contribution in [2.24, 2.45) is 0 Å². The van der Waals surface area contributed by atoms with Gasteiger partial charge in [0.25, 0.3) is 10.0 Å². The van der Waals surface area contributed by atoms with Gasteiger partial charge in [0.05, 0.1) is 0 Å². The molecule has 0 bridgehead atoms. The van der Waals surface area contributed by atoms with Crippen LogP contribution in [0.3, 0.4) is 0 Å². The Labute approximate surface area is 136 Å². The van der Waals surface area contributed by atoms with Crippen molar-refractivity contribution in [3.05, 3.63) is 27.5 Å². The van der Waals surface area contributed by atoms with Gasteiger partial charge in [-0.05, 0) is 11.4 Å². The number of piperazine rings is 1. The Morgan fingerprint density at radius 2 is 2.05 bits per heavy atom. The summed E-state index contributed by atoms with van der Waals surface area (Å²) in [6.07, 6.45) is 0. The molecule has 0 aliphatic carbocycles. The summed E-state index contributed by atoms with van der Waals surface area (Å²) >= 11 is 8.41. The number of sulfonamides is 1. The van der Waals surface area contributed by atoms with E-state index in [2.05, 4.69) is 14.5 Å².